The lowest BCUT2D eigenvalue weighted by Gasteiger charge is -2.18. The number of ether oxygens (including phenoxy) is 4. The normalized spacial score (nSPS) is 19.3. The molecule has 0 saturated carbocycles. The first-order valence-corrected chi connectivity index (χ1v) is 7.36. The van der Waals surface area contributed by atoms with Crippen LogP contribution in [0.3, 0.4) is 0 Å². The molecule has 1 aromatic rings. The van der Waals surface area contributed by atoms with E-state index in [0.29, 0.717) is 23.4 Å². The number of hydrogen-bond donors (Lipinski definition) is 1. The van der Waals surface area contributed by atoms with Gasteiger partial charge in [-0.05, 0) is 43.4 Å². The Kier molecular flexibility index (Phi) is 5.70. The highest BCUT2D eigenvalue weighted by atomic mass is 16.5. The lowest BCUT2D eigenvalue weighted by atomic mass is 9.99. The molecule has 2 unspecified atom stereocenters. The molecular weight excluding hydrogens is 270 g/mol. The van der Waals surface area contributed by atoms with Crippen LogP contribution >= 0.6 is 0 Å². The SMILES string of the molecule is COc1cc(C(N)CCC2CCCO2)cc(OC)c1OC. The topological polar surface area (TPSA) is 62.9 Å². The molecule has 21 heavy (non-hydrogen) atoms. The maximum atomic E-state index is 6.30. The maximum Gasteiger partial charge on any atom is 0.203 e. The molecule has 1 heterocycles. The fourth-order valence-corrected chi connectivity index (χ4v) is 2.72. The van der Waals surface area contributed by atoms with E-state index >= 15 is 0 Å². The molecule has 0 spiro atoms. The van der Waals surface area contributed by atoms with Crippen molar-refractivity contribution >= 4 is 0 Å². The van der Waals surface area contributed by atoms with Gasteiger partial charge < -0.3 is 24.7 Å². The molecule has 5 heteroatoms. The Hall–Kier alpha value is -1.46. The van der Waals surface area contributed by atoms with Crippen LogP contribution in [0.4, 0.5) is 0 Å². The summed E-state index contributed by atoms with van der Waals surface area (Å²) >= 11 is 0. The van der Waals surface area contributed by atoms with E-state index in [4.69, 9.17) is 24.7 Å². The maximum absolute atomic E-state index is 6.30. The Morgan fingerprint density at radius 2 is 1.86 bits per heavy atom. The van der Waals surface area contributed by atoms with Gasteiger partial charge in [-0.25, -0.2) is 0 Å². The Balaban J connectivity index is 2.10. The zero-order valence-corrected chi connectivity index (χ0v) is 13.1. The third kappa shape index (κ3) is 3.80. The van der Waals surface area contributed by atoms with Gasteiger partial charge in [0.25, 0.3) is 0 Å². The highest BCUT2D eigenvalue weighted by molar-refractivity contribution is 5.54. The van der Waals surface area contributed by atoms with Crippen molar-refractivity contribution in [1.29, 1.82) is 0 Å². The zero-order chi connectivity index (χ0) is 15.2. The summed E-state index contributed by atoms with van der Waals surface area (Å²) in [4.78, 5) is 0. The Labute approximate surface area is 126 Å². The molecule has 2 N–H and O–H groups in total. The second-order valence-electron chi connectivity index (χ2n) is 5.28. The summed E-state index contributed by atoms with van der Waals surface area (Å²) in [5, 5.41) is 0. The van der Waals surface area contributed by atoms with Gasteiger partial charge in [0.2, 0.25) is 5.75 Å². The van der Waals surface area contributed by atoms with Gasteiger partial charge in [0.15, 0.2) is 11.5 Å². The third-order valence-electron chi connectivity index (χ3n) is 3.94. The van der Waals surface area contributed by atoms with Gasteiger partial charge in [0.1, 0.15) is 0 Å². The van der Waals surface area contributed by atoms with E-state index in [2.05, 4.69) is 0 Å². The van der Waals surface area contributed by atoms with Crippen LogP contribution in [0.5, 0.6) is 17.2 Å². The van der Waals surface area contributed by atoms with Gasteiger partial charge in [-0.3, -0.25) is 0 Å². The minimum Gasteiger partial charge on any atom is -0.493 e. The van der Waals surface area contributed by atoms with Crippen LogP contribution in [0.1, 0.15) is 37.3 Å². The average molecular weight is 295 g/mol. The number of hydrogen-bond acceptors (Lipinski definition) is 5. The van der Waals surface area contributed by atoms with Gasteiger partial charge in [0.05, 0.1) is 27.4 Å². The van der Waals surface area contributed by atoms with Crippen molar-refractivity contribution in [2.24, 2.45) is 5.73 Å². The third-order valence-corrected chi connectivity index (χ3v) is 3.94. The number of nitrogens with two attached hydrogens (primary N) is 1. The molecule has 2 rings (SSSR count). The largest absolute Gasteiger partial charge is 0.493 e. The van der Waals surface area contributed by atoms with E-state index in [9.17, 15) is 0 Å². The van der Waals surface area contributed by atoms with Crippen molar-refractivity contribution in [3.05, 3.63) is 17.7 Å². The monoisotopic (exact) mass is 295 g/mol. The lowest BCUT2D eigenvalue weighted by Crippen LogP contribution is -2.15. The smallest absolute Gasteiger partial charge is 0.203 e. The van der Waals surface area contributed by atoms with Gasteiger partial charge in [-0.15, -0.1) is 0 Å². The molecule has 5 nitrogen and oxygen atoms in total. The Bertz CT molecular complexity index is 433. The predicted molar refractivity (Wildman–Crippen MR) is 81.2 cm³/mol. The molecular formula is C16H25NO4. The van der Waals surface area contributed by atoms with Crippen molar-refractivity contribution < 1.29 is 18.9 Å². The summed E-state index contributed by atoms with van der Waals surface area (Å²) in [5.41, 5.74) is 7.29. The number of benzene rings is 1. The fraction of sp³-hybridized carbons (Fsp3) is 0.625. The minimum absolute atomic E-state index is 0.0668. The van der Waals surface area contributed by atoms with Crippen molar-refractivity contribution in [1.82, 2.24) is 0 Å². The van der Waals surface area contributed by atoms with Gasteiger partial charge >= 0.3 is 0 Å². The molecule has 1 saturated heterocycles. The molecule has 0 radical (unpaired) electrons. The highest BCUT2D eigenvalue weighted by Gasteiger charge is 2.20. The van der Waals surface area contributed by atoms with E-state index in [0.717, 1.165) is 37.9 Å². The van der Waals surface area contributed by atoms with Crippen LogP contribution in [0, 0.1) is 0 Å². The Morgan fingerprint density at radius 1 is 1.19 bits per heavy atom. The van der Waals surface area contributed by atoms with Crippen LogP contribution in [0.15, 0.2) is 12.1 Å². The first-order chi connectivity index (χ1) is 10.2. The van der Waals surface area contributed by atoms with E-state index in [-0.39, 0.29) is 6.04 Å². The molecule has 1 aliphatic heterocycles. The fourth-order valence-electron chi connectivity index (χ4n) is 2.72. The molecule has 1 aromatic carbocycles. The number of methoxy groups -OCH3 is 3. The molecule has 1 aliphatic rings. The Morgan fingerprint density at radius 3 is 2.33 bits per heavy atom. The molecule has 0 bridgehead atoms. The minimum atomic E-state index is -0.0668. The summed E-state index contributed by atoms with van der Waals surface area (Å²) in [6.45, 7) is 0.879. The molecule has 118 valence electrons. The van der Waals surface area contributed by atoms with Crippen LogP contribution in [-0.2, 0) is 4.74 Å². The molecule has 0 amide bonds. The molecule has 0 aromatic heterocycles. The van der Waals surface area contributed by atoms with E-state index < -0.39 is 0 Å². The van der Waals surface area contributed by atoms with Crippen LogP contribution in [0.2, 0.25) is 0 Å². The second kappa shape index (κ2) is 7.52. The summed E-state index contributed by atoms with van der Waals surface area (Å²) in [6.07, 6.45) is 4.52. The predicted octanol–water partition coefficient (Wildman–Crippen LogP) is 2.67. The number of rotatable bonds is 7. The molecule has 1 fully saturated rings. The van der Waals surface area contributed by atoms with Gasteiger partial charge in [-0.2, -0.15) is 0 Å². The van der Waals surface area contributed by atoms with Crippen molar-refractivity contribution in [3.8, 4) is 17.2 Å². The van der Waals surface area contributed by atoms with E-state index in [1.165, 1.54) is 0 Å². The first-order valence-electron chi connectivity index (χ1n) is 7.36. The van der Waals surface area contributed by atoms with Crippen LogP contribution < -0.4 is 19.9 Å². The van der Waals surface area contributed by atoms with Crippen molar-refractivity contribution in [2.75, 3.05) is 27.9 Å². The standard InChI is InChI=1S/C16H25NO4/c1-18-14-9-11(10-15(19-2)16(14)20-3)13(17)7-6-12-5-4-8-21-12/h9-10,12-13H,4-8,17H2,1-3H3. The van der Waals surface area contributed by atoms with Gasteiger partial charge in [0, 0.05) is 12.6 Å². The summed E-state index contributed by atoms with van der Waals surface area (Å²) in [6, 6.07) is 3.77. The lowest BCUT2D eigenvalue weighted by molar-refractivity contribution is 0.101. The van der Waals surface area contributed by atoms with Crippen molar-refractivity contribution in [3.63, 3.8) is 0 Å². The average Bonchev–Trinajstić information content (AvgIpc) is 3.04. The van der Waals surface area contributed by atoms with E-state index in [1.54, 1.807) is 21.3 Å². The summed E-state index contributed by atoms with van der Waals surface area (Å²) < 4.78 is 21.7. The quantitative estimate of drug-likeness (QED) is 0.838. The first kappa shape index (κ1) is 15.9. The van der Waals surface area contributed by atoms with E-state index in [1.807, 2.05) is 12.1 Å². The van der Waals surface area contributed by atoms with Gasteiger partial charge in [-0.1, -0.05) is 0 Å². The highest BCUT2D eigenvalue weighted by Crippen LogP contribution is 2.40. The van der Waals surface area contributed by atoms with Crippen LogP contribution in [0.25, 0.3) is 0 Å². The molecule has 2 atom stereocenters. The van der Waals surface area contributed by atoms with Crippen LogP contribution in [-0.4, -0.2) is 34.0 Å². The second-order valence-corrected chi connectivity index (χ2v) is 5.28. The summed E-state index contributed by atoms with van der Waals surface area (Å²) in [7, 11) is 4.81. The zero-order valence-electron chi connectivity index (χ0n) is 13.1. The summed E-state index contributed by atoms with van der Waals surface area (Å²) in [5.74, 6) is 1.87. The van der Waals surface area contributed by atoms with Crippen molar-refractivity contribution in [2.45, 2.75) is 37.8 Å². The molecule has 0 aliphatic carbocycles.